The first-order chi connectivity index (χ1) is 11.1. The second-order valence-electron chi connectivity index (χ2n) is 6.36. The fraction of sp³-hybridized carbons (Fsp3) is 0.556. The van der Waals surface area contributed by atoms with E-state index in [1.165, 1.54) is 24.7 Å². The van der Waals surface area contributed by atoms with Crippen LogP contribution in [0.5, 0.6) is 11.5 Å². The molecule has 2 fully saturated rings. The normalized spacial score (nSPS) is 21.7. The lowest BCUT2D eigenvalue weighted by Crippen LogP contribution is -2.29. The van der Waals surface area contributed by atoms with Gasteiger partial charge in [0.15, 0.2) is 11.5 Å². The third kappa shape index (κ3) is 3.33. The van der Waals surface area contributed by atoms with E-state index in [1.807, 2.05) is 18.2 Å². The lowest BCUT2D eigenvalue weighted by molar-refractivity contribution is -0.140. The predicted molar refractivity (Wildman–Crippen MR) is 85.6 cm³/mol. The molecule has 124 valence electrons. The molecule has 1 aliphatic carbocycles. The van der Waals surface area contributed by atoms with Crippen molar-refractivity contribution in [3.8, 4) is 11.5 Å². The largest absolute Gasteiger partial charge is 0.493 e. The second kappa shape index (κ2) is 6.60. The summed E-state index contributed by atoms with van der Waals surface area (Å²) in [6.07, 6.45) is 5.18. The number of hydrogen-bond donors (Lipinski definition) is 0. The number of amides is 2. The molecule has 0 bridgehead atoms. The monoisotopic (exact) mass is 317 g/mol. The molecular formula is C18H23NO4. The Morgan fingerprint density at radius 1 is 1.22 bits per heavy atom. The summed E-state index contributed by atoms with van der Waals surface area (Å²) in [6, 6.07) is 5.82. The van der Waals surface area contributed by atoms with Crippen LogP contribution in [0.15, 0.2) is 18.2 Å². The average Bonchev–Trinajstić information content (AvgIpc) is 3.16. The Balaban J connectivity index is 1.80. The Kier molecular flexibility index (Phi) is 4.55. The topological polar surface area (TPSA) is 55.8 Å². The smallest absolute Gasteiger partial charge is 0.229 e. The summed E-state index contributed by atoms with van der Waals surface area (Å²) in [7, 11) is 1.63. The van der Waals surface area contributed by atoms with Crippen molar-refractivity contribution in [2.75, 3.05) is 13.7 Å². The van der Waals surface area contributed by atoms with Gasteiger partial charge in [0.25, 0.3) is 0 Å². The van der Waals surface area contributed by atoms with Gasteiger partial charge in [0, 0.05) is 25.8 Å². The van der Waals surface area contributed by atoms with Crippen LogP contribution in [0, 0.1) is 0 Å². The van der Waals surface area contributed by atoms with E-state index in [0.717, 1.165) is 24.2 Å². The quantitative estimate of drug-likeness (QED) is 0.857. The molecule has 2 amide bonds. The molecule has 23 heavy (non-hydrogen) atoms. The Bertz CT molecular complexity index is 607. The maximum Gasteiger partial charge on any atom is 0.229 e. The SMILES string of the molecule is COc1ccc(C2CC(=O)N(C(C)=O)C2)cc1OC1CCCC1. The van der Waals surface area contributed by atoms with Crippen LogP contribution in [-0.2, 0) is 9.59 Å². The van der Waals surface area contributed by atoms with Crippen molar-refractivity contribution in [3.63, 3.8) is 0 Å². The molecule has 1 aromatic rings. The van der Waals surface area contributed by atoms with Crippen LogP contribution in [0.4, 0.5) is 0 Å². The zero-order chi connectivity index (χ0) is 16.4. The average molecular weight is 317 g/mol. The third-order valence-corrected chi connectivity index (χ3v) is 4.76. The highest BCUT2D eigenvalue weighted by molar-refractivity contribution is 5.96. The summed E-state index contributed by atoms with van der Waals surface area (Å²) in [5, 5.41) is 0. The van der Waals surface area contributed by atoms with Gasteiger partial charge in [-0.3, -0.25) is 14.5 Å². The van der Waals surface area contributed by atoms with Crippen molar-refractivity contribution < 1.29 is 19.1 Å². The number of carbonyl (C=O) groups is 2. The molecule has 1 saturated heterocycles. The Morgan fingerprint density at radius 3 is 2.57 bits per heavy atom. The van der Waals surface area contributed by atoms with Crippen molar-refractivity contribution in [2.24, 2.45) is 0 Å². The molecule has 1 unspecified atom stereocenters. The fourth-order valence-corrected chi connectivity index (χ4v) is 3.46. The van der Waals surface area contributed by atoms with Crippen LogP contribution < -0.4 is 9.47 Å². The Labute approximate surface area is 136 Å². The van der Waals surface area contributed by atoms with E-state index in [2.05, 4.69) is 0 Å². The lowest BCUT2D eigenvalue weighted by atomic mass is 9.98. The molecule has 1 atom stereocenters. The number of likely N-dealkylation sites (tertiary alicyclic amines) is 1. The summed E-state index contributed by atoms with van der Waals surface area (Å²) >= 11 is 0. The second-order valence-corrected chi connectivity index (χ2v) is 6.36. The molecule has 5 heteroatoms. The van der Waals surface area contributed by atoms with Crippen molar-refractivity contribution in [3.05, 3.63) is 23.8 Å². The Morgan fingerprint density at radius 2 is 1.96 bits per heavy atom. The van der Waals surface area contributed by atoms with Gasteiger partial charge in [-0.05, 0) is 43.4 Å². The maximum atomic E-state index is 11.9. The van der Waals surface area contributed by atoms with E-state index in [4.69, 9.17) is 9.47 Å². The molecular weight excluding hydrogens is 294 g/mol. The van der Waals surface area contributed by atoms with Gasteiger partial charge in [-0.15, -0.1) is 0 Å². The number of carbonyl (C=O) groups excluding carboxylic acids is 2. The fourth-order valence-electron chi connectivity index (χ4n) is 3.46. The molecule has 2 aliphatic rings. The number of nitrogens with zero attached hydrogens (tertiary/aromatic N) is 1. The molecule has 5 nitrogen and oxygen atoms in total. The van der Waals surface area contributed by atoms with E-state index >= 15 is 0 Å². The third-order valence-electron chi connectivity index (χ3n) is 4.76. The van der Waals surface area contributed by atoms with Gasteiger partial charge in [-0.1, -0.05) is 6.07 Å². The van der Waals surface area contributed by atoms with Crippen molar-refractivity contribution in [1.29, 1.82) is 0 Å². The number of imide groups is 1. The van der Waals surface area contributed by atoms with E-state index in [9.17, 15) is 9.59 Å². The van der Waals surface area contributed by atoms with Gasteiger partial charge in [0.1, 0.15) is 0 Å². The number of benzene rings is 1. The van der Waals surface area contributed by atoms with Gasteiger partial charge in [0.2, 0.25) is 11.8 Å². The van der Waals surface area contributed by atoms with Gasteiger partial charge in [-0.2, -0.15) is 0 Å². The van der Waals surface area contributed by atoms with Crippen LogP contribution in [0.3, 0.4) is 0 Å². The molecule has 0 aromatic heterocycles. The molecule has 3 rings (SSSR count). The standard InChI is InChI=1S/C18H23NO4/c1-12(20)19-11-14(10-18(19)21)13-7-8-16(22-2)17(9-13)23-15-5-3-4-6-15/h7-9,14-15H,3-6,10-11H2,1-2H3. The highest BCUT2D eigenvalue weighted by Crippen LogP contribution is 2.36. The molecule has 0 radical (unpaired) electrons. The van der Waals surface area contributed by atoms with Crippen molar-refractivity contribution in [2.45, 2.75) is 51.0 Å². The maximum absolute atomic E-state index is 11.9. The van der Waals surface area contributed by atoms with Gasteiger partial charge < -0.3 is 9.47 Å². The minimum absolute atomic E-state index is 0.0308. The number of hydrogen-bond acceptors (Lipinski definition) is 4. The predicted octanol–water partition coefficient (Wildman–Crippen LogP) is 2.88. The minimum Gasteiger partial charge on any atom is -0.493 e. The van der Waals surface area contributed by atoms with E-state index < -0.39 is 0 Å². The summed E-state index contributed by atoms with van der Waals surface area (Å²) in [5.74, 6) is 1.20. The number of ether oxygens (including phenoxy) is 2. The van der Waals surface area contributed by atoms with Crippen LogP contribution in [-0.4, -0.2) is 36.5 Å². The van der Waals surface area contributed by atoms with Crippen LogP contribution >= 0.6 is 0 Å². The summed E-state index contributed by atoms with van der Waals surface area (Å²) in [6.45, 7) is 1.88. The van der Waals surface area contributed by atoms with E-state index in [-0.39, 0.29) is 23.8 Å². The molecule has 1 heterocycles. The zero-order valence-corrected chi connectivity index (χ0v) is 13.7. The number of rotatable bonds is 4. The molecule has 0 spiro atoms. The number of methoxy groups -OCH3 is 1. The summed E-state index contributed by atoms with van der Waals surface area (Å²) in [4.78, 5) is 24.8. The highest BCUT2D eigenvalue weighted by Gasteiger charge is 2.33. The molecule has 1 aliphatic heterocycles. The summed E-state index contributed by atoms with van der Waals surface area (Å²) < 4.78 is 11.5. The zero-order valence-electron chi connectivity index (χ0n) is 13.7. The summed E-state index contributed by atoms with van der Waals surface area (Å²) in [5.41, 5.74) is 1.02. The molecule has 1 aromatic carbocycles. The van der Waals surface area contributed by atoms with Crippen LogP contribution in [0.25, 0.3) is 0 Å². The first kappa shape index (κ1) is 15.8. The van der Waals surface area contributed by atoms with Crippen molar-refractivity contribution in [1.82, 2.24) is 4.90 Å². The van der Waals surface area contributed by atoms with Gasteiger partial charge in [-0.25, -0.2) is 0 Å². The van der Waals surface area contributed by atoms with E-state index in [1.54, 1.807) is 7.11 Å². The highest BCUT2D eigenvalue weighted by atomic mass is 16.5. The molecule has 1 saturated carbocycles. The van der Waals surface area contributed by atoms with Crippen molar-refractivity contribution >= 4 is 11.8 Å². The van der Waals surface area contributed by atoms with Crippen LogP contribution in [0.1, 0.15) is 50.5 Å². The van der Waals surface area contributed by atoms with Gasteiger partial charge in [0.05, 0.1) is 13.2 Å². The lowest BCUT2D eigenvalue weighted by Gasteiger charge is -2.18. The Hall–Kier alpha value is -2.04. The molecule has 0 N–H and O–H groups in total. The minimum atomic E-state index is -0.187. The van der Waals surface area contributed by atoms with Crippen LogP contribution in [0.2, 0.25) is 0 Å². The first-order valence-electron chi connectivity index (χ1n) is 8.24. The van der Waals surface area contributed by atoms with Gasteiger partial charge >= 0.3 is 0 Å². The first-order valence-corrected chi connectivity index (χ1v) is 8.24. The van der Waals surface area contributed by atoms with E-state index in [0.29, 0.717) is 18.7 Å².